The number of nitrogens with one attached hydrogen (secondary N) is 1. The number of hydrogen-bond acceptors (Lipinski definition) is 3. The predicted octanol–water partition coefficient (Wildman–Crippen LogP) is 4.64. The molecule has 3 rings (SSSR count). The molecular weight excluding hydrogens is 322 g/mol. The lowest BCUT2D eigenvalue weighted by Gasteiger charge is -2.08. The van der Waals surface area contributed by atoms with Gasteiger partial charge < -0.3 is 10.1 Å². The van der Waals surface area contributed by atoms with Crippen LogP contribution in [0.15, 0.2) is 60.9 Å². The van der Waals surface area contributed by atoms with E-state index >= 15 is 0 Å². The zero-order chi connectivity index (χ0) is 18.4. The molecule has 1 heterocycles. The summed E-state index contributed by atoms with van der Waals surface area (Å²) in [7, 11) is 0. The molecule has 0 saturated carbocycles. The molecule has 0 radical (unpaired) electrons. The van der Waals surface area contributed by atoms with Gasteiger partial charge >= 0.3 is 0 Å². The summed E-state index contributed by atoms with van der Waals surface area (Å²) < 4.78 is 7.85. The van der Waals surface area contributed by atoms with Crippen LogP contribution in [0.2, 0.25) is 0 Å². The molecule has 4 nitrogen and oxygen atoms in total. The Hall–Kier alpha value is -2.59. The van der Waals surface area contributed by atoms with Crippen molar-refractivity contribution in [3.05, 3.63) is 83.2 Å². The fraction of sp³-hybridized carbons (Fsp3) is 0.318. The second-order valence-electron chi connectivity index (χ2n) is 6.95. The first-order valence-electron chi connectivity index (χ1n) is 9.11. The molecule has 1 aromatic heterocycles. The molecule has 0 aliphatic heterocycles. The van der Waals surface area contributed by atoms with E-state index in [-0.39, 0.29) is 0 Å². The Morgan fingerprint density at radius 2 is 1.77 bits per heavy atom. The van der Waals surface area contributed by atoms with Crippen LogP contribution in [0.5, 0.6) is 5.75 Å². The van der Waals surface area contributed by atoms with Gasteiger partial charge in [0.25, 0.3) is 0 Å². The maximum Gasteiger partial charge on any atom is 0.119 e. The van der Waals surface area contributed by atoms with Gasteiger partial charge in [0.05, 0.1) is 6.20 Å². The van der Waals surface area contributed by atoms with Gasteiger partial charge in [0, 0.05) is 30.9 Å². The summed E-state index contributed by atoms with van der Waals surface area (Å²) in [5.41, 5.74) is 4.89. The Morgan fingerprint density at radius 1 is 1.00 bits per heavy atom. The van der Waals surface area contributed by atoms with Crippen LogP contribution in [0, 0.1) is 6.92 Å². The lowest BCUT2D eigenvalue weighted by atomic mass is 10.1. The largest absolute Gasteiger partial charge is 0.489 e. The van der Waals surface area contributed by atoms with Crippen molar-refractivity contribution in [2.24, 2.45) is 0 Å². The first-order valence-corrected chi connectivity index (χ1v) is 9.11. The third-order valence-corrected chi connectivity index (χ3v) is 4.25. The first kappa shape index (κ1) is 18.2. The van der Waals surface area contributed by atoms with Crippen LogP contribution in [0.3, 0.4) is 0 Å². The molecule has 0 spiro atoms. The molecule has 3 aromatic rings. The number of ether oxygens (including phenoxy) is 1. The van der Waals surface area contributed by atoms with E-state index in [4.69, 9.17) is 4.74 Å². The summed E-state index contributed by atoms with van der Waals surface area (Å²) in [5.74, 6) is 0.897. The van der Waals surface area contributed by atoms with Crippen molar-refractivity contribution >= 4 is 0 Å². The molecule has 0 unspecified atom stereocenters. The van der Waals surface area contributed by atoms with Crippen molar-refractivity contribution in [3.63, 3.8) is 0 Å². The molecule has 4 heteroatoms. The van der Waals surface area contributed by atoms with Gasteiger partial charge in [-0.3, -0.25) is 4.68 Å². The lowest BCUT2D eigenvalue weighted by Crippen LogP contribution is -2.12. The minimum absolute atomic E-state index is 0.399. The van der Waals surface area contributed by atoms with E-state index in [1.165, 1.54) is 22.3 Å². The Labute approximate surface area is 155 Å². The highest BCUT2D eigenvalue weighted by atomic mass is 16.5. The summed E-state index contributed by atoms with van der Waals surface area (Å²) in [6.07, 6.45) is 4.02. The average molecular weight is 349 g/mol. The molecule has 1 N–H and O–H groups in total. The van der Waals surface area contributed by atoms with Crippen LogP contribution in [-0.4, -0.2) is 9.78 Å². The summed E-state index contributed by atoms with van der Waals surface area (Å²) in [4.78, 5) is 0. The van der Waals surface area contributed by atoms with Crippen LogP contribution in [-0.2, 0) is 19.7 Å². The van der Waals surface area contributed by atoms with E-state index in [9.17, 15) is 0 Å². The molecule has 0 saturated heterocycles. The quantitative estimate of drug-likeness (QED) is 0.644. The van der Waals surface area contributed by atoms with Gasteiger partial charge in [0.2, 0.25) is 0 Å². The minimum Gasteiger partial charge on any atom is -0.489 e. The molecule has 0 bridgehead atoms. The van der Waals surface area contributed by atoms with E-state index in [2.05, 4.69) is 73.8 Å². The molecule has 26 heavy (non-hydrogen) atoms. The van der Waals surface area contributed by atoms with Gasteiger partial charge in [0.1, 0.15) is 12.4 Å². The third-order valence-electron chi connectivity index (χ3n) is 4.25. The van der Waals surface area contributed by atoms with E-state index in [0.717, 1.165) is 18.8 Å². The first-order chi connectivity index (χ1) is 12.6. The van der Waals surface area contributed by atoms with Crippen molar-refractivity contribution in [2.75, 3.05) is 0 Å². The highest BCUT2D eigenvalue weighted by Gasteiger charge is 2.02. The molecule has 0 aliphatic rings. The number of aromatic nitrogens is 2. The van der Waals surface area contributed by atoms with Crippen LogP contribution in [0.25, 0.3) is 0 Å². The van der Waals surface area contributed by atoms with Gasteiger partial charge in [-0.2, -0.15) is 5.10 Å². The monoisotopic (exact) mass is 349 g/mol. The van der Waals surface area contributed by atoms with Crippen molar-refractivity contribution in [1.29, 1.82) is 0 Å². The van der Waals surface area contributed by atoms with Gasteiger partial charge in [-0.25, -0.2) is 0 Å². The van der Waals surface area contributed by atoms with E-state index in [0.29, 0.717) is 12.6 Å². The van der Waals surface area contributed by atoms with Gasteiger partial charge in [0.15, 0.2) is 0 Å². The Morgan fingerprint density at radius 3 is 2.46 bits per heavy atom. The summed E-state index contributed by atoms with van der Waals surface area (Å²) in [5, 5.41) is 7.82. The maximum absolute atomic E-state index is 5.87. The van der Waals surface area contributed by atoms with Crippen LogP contribution in [0.4, 0.5) is 0 Å². The minimum atomic E-state index is 0.399. The second-order valence-corrected chi connectivity index (χ2v) is 6.95. The van der Waals surface area contributed by atoms with E-state index < -0.39 is 0 Å². The van der Waals surface area contributed by atoms with Crippen molar-refractivity contribution in [2.45, 2.75) is 46.5 Å². The Bertz CT molecular complexity index is 821. The van der Waals surface area contributed by atoms with E-state index in [1.807, 2.05) is 23.0 Å². The van der Waals surface area contributed by atoms with Crippen molar-refractivity contribution < 1.29 is 4.74 Å². The van der Waals surface area contributed by atoms with Gasteiger partial charge in [-0.05, 0) is 44.0 Å². The zero-order valence-corrected chi connectivity index (χ0v) is 15.8. The Kier molecular flexibility index (Phi) is 6.08. The second kappa shape index (κ2) is 8.68. The smallest absolute Gasteiger partial charge is 0.119 e. The summed E-state index contributed by atoms with van der Waals surface area (Å²) in [6, 6.07) is 17.1. The topological polar surface area (TPSA) is 39.1 Å². The molecule has 0 atom stereocenters. The molecule has 0 amide bonds. The number of hydrogen-bond donors (Lipinski definition) is 1. The average Bonchev–Trinajstić information content (AvgIpc) is 3.10. The van der Waals surface area contributed by atoms with Crippen molar-refractivity contribution in [3.8, 4) is 5.75 Å². The number of rotatable bonds is 8. The number of nitrogens with zero attached hydrogens (tertiary/aromatic N) is 2. The van der Waals surface area contributed by atoms with Crippen LogP contribution < -0.4 is 10.1 Å². The van der Waals surface area contributed by atoms with Crippen molar-refractivity contribution in [1.82, 2.24) is 15.1 Å². The van der Waals surface area contributed by atoms with Gasteiger partial charge in [-0.15, -0.1) is 0 Å². The normalized spacial score (nSPS) is 11.1. The zero-order valence-electron chi connectivity index (χ0n) is 15.8. The fourth-order valence-electron chi connectivity index (χ4n) is 2.77. The number of aryl methyl sites for hydroxylation is 1. The number of benzene rings is 2. The predicted molar refractivity (Wildman–Crippen MR) is 105 cm³/mol. The maximum atomic E-state index is 5.87. The van der Waals surface area contributed by atoms with Crippen LogP contribution in [0.1, 0.15) is 42.1 Å². The highest BCUT2D eigenvalue weighted by Crippen LogP contribution is 2.15. The summed E-state index contributed by atoms with van der Waals surface area (Å²) >= 11 is 0. The van der Waals surface area contributed by atoms with Crippen LogP contribution >= 0.6 is 0 Å². The molecule has 0 aliphatic carbocycles. The Balaban J connectivity index is 1.45. The molecule has 0 fully saturated rings. The molecule has 2 aromatic carbocycles. The fourth-order valence-corrected chi connectivity index (χ4v) is 2.77. The van der Waals surface area contributed by atoms with E-state index in [1.54, 1.807) is 0 Å². The highest BCUT2D eigenvalue weighted by molar-refractivity contribution is 5.28. The molecule has 136 valence electrons. The SMILES string of the molecule is Cc1cccc(COc2ccc(CNCc3cnn(C(C)C)c3)cc2)c1. The lowest BCUT2D eigenvalue weighted by molar-refractivity contribution is 0.306. The molecular formula is C22H27N3O. The standard InChI is InChI=1S/C22H27N3O/c1-17(2)25-15-21(14-24-25)13-23-12-19-7-9-22(10-8-19)26-16-20-6-4-5-18(3)11-20/h4-11,14-15,17,23H,12-13,16H2,1-3H3. The third kappa shape index (κ3) is 5.20. The van der Waals surface area contributed by atoms with Gasteiger partial charge in [-0.1, -0.05) is 42.0 Å². The summed E-state index contributed by atoms with van der Waals surface area (Å²) in [6.45, 7) is 8.60.